The normalized spacial score (nSPS) is 14.4. The highest BCUT2D eigenvalue weighted by atomic mass is 19.2. The van der Waals surface area contributed by atoms with E-state index in [1.54, 1.807) is 0 Å². The molecule has 0 saturated carbocycles. The third-order valence-corrected chi connectivity index (χ3v) is 2.55. The Morgan fingerprint density at radius 3 is 1.94 bits per heavy atom. The molecule has 17 heavy (non-hydrogen) atoms. The van der Waals surface area contributed by atoms with Gasteiger partial charge in [-0.25, -0.2) is 8.78 Å². The van der Waals surface area contributed by atoms with Crippen LogP contribution in [-0.4, -0.2) is 35.0 Å². The Labute approximate surface area is 95.5 Å². The van der Waals surface area contributed by atoms with Crippen LogP contribution in [-0.2, 0) is 0 Å². The summed E-state index contributed by atoms with van der Waals surface area (Å²) in [5, 5.41) is 8.64. The van der Waals surface area contributed by atoms with Crippen LogP contribution >= 0.6 is 0 Å². The van der Waals surface area contributed by atoms with Crippen molar-refractivity contribution in [2.24, 2.45) is 0 Å². The molecule has 4 nitrogen and oxygen atoms in total. The zero-order chi connectivity index (χ0) is 12.6. The van der Waals surface area contributed by atoms with Crippen LogP contribution < -0.4 is 0 Å². The molecule has 1 aromatic rings. The maximum Gasteiger partial charge on any atom is 0.261 e. The van der Waals surface area contributed by atoms with E-state index >= 15 is 0 Å². The number of halogens is 2. The molecule has 1 N–H and O–H groups in total. The SMILES string of the molecule is O=C1c2cc(F)c(F)cc2C(=O)N1CCCO. The van der Waals surface area contributed by atoms with E-state index in [4.69, 9.17) is 5.11 Å². The van der Waals surface area contributed by atoms with Crippen LogP contribution in [0.3, 0.4) is 0 Å². The molecule has 1 aliphatic heterocycles. The average molecular weight is 241 g/mol. The summed E-state index contributed by atoms with van der Waals surface area (Å²) in [6.07, 6.45) is 0.233. The molecule has 0 aliphatic carbocycles. The Morgan fingerprint density at radius 1 is 1.06 bits per heavy atom. The average Bonchev–Trinajstić information content (AvgIpc) is 2.51. The molecule has 0 spiro atoms. The van der Waals surface area contributed by atoms with Crippen LogP contribution in [0.2, 0.25) is 0 Å². The van der Waals surface area contributed by atoms with Crippen LogP contribution in [0.5, 0.6) is 0 Å². The van der Waals surface area contributed by atoms with Crippen molar-refractivity contribution in [2.75, 3.05) is 13.2 Å². The van der Waals surface area contributed by atoms with Crippen LogP contribution in [0.4, 0.5) is 8.78 Å². The lowest BCUT2D eigenvalue weighted by Gasteiger charge is -2.11. The molecule has 0 atom stereocenters. The number of imide groups is 1. The lowest BCUT2D eigenvalue weighted by Crippen LogP contribution is -2.31. The molecule has 0 bridgehead atoms. The highest BCUT2D eigenvalue weighted by Gasteiger charge is 2.36. The van der Waals surface area contributed by atoms with Crippen molar-refractivity contribution >= 4 is 11.8 Å². The fourth-order valence-electron chi connectivity index (χ4n) is 1.72. The van der Waals surface area contributed by atoms with Crippen molar-refractivity contribution in [3.05, 3.63) is 34.9 Å². The molecular weight excluding hydrogens is 232 g/mol. The summed E-state index contributed by atoms with van der Waals surface area (Å²) in [7, 11) is 0. The predicted molar refractivity (Wildman–Crippen MR) is 53.4 cm³/mol. The van der Waals surface area contributed by atoms with Gasteiger partial charge in [0.15, 0.2) is 11.6 Å². The molecule has 1 aromatic carbocycles. The minimum atomic E-state index is -1.16. The lowest BCUT2D eigenvalue weighted by atomic mass is 10.1. The maximum absolute atomic E-state index is 13.0. The van der Waals surface area contributed by atoms with E-state index in [1.165, 1.54) is 0 Å². The van der Waals surface area contributed by atoms with Gasteiger partial charge >= 0.3 is 0 Å². The number of fused-ring (bicyclic) bond motifs is 1. The van der Waals surface area contributed by atoms with E-state index in [-0.39, 0.29) is 30.7 Å². The number of hydrogen-bond acceptors (Lipinski definition) is 3. The van der Waals surface area contributed by atoms with Crippen molar-refractivity contribution in [2.45, 2.75) is 6.42 Å². The monoisotopic (exact) mass is 241 g/mol. The first kappa shape index (κ1) is 11.7. The third kappa shape index (κ3) is 1.80. The van der Waals surface area contributed by atoms with Gasteiger partial charge in [-0.2, -0.15) is 0 Å². The number of carbonyl (C=O) groups is 2. The van der Waals surface area contributed by atoms with Gasteiger partial charge < -0.3 is 5.11 Å². The van der Waals surface area contributed by atoms with E-state index in [9.17, 15) is 18.4 Å². The zero-order valence-electron chi connectivity index (χ0n) is 8.74. The molecule has 2 rings (SSSR count). The Hall–Kier alpha value is -1.82. The Kier molecular flexibility index (Phi) is 2.89. The molecule has 0 fully saturated rings. The standard InChI is InChI=1S/C11H9F2NO3/c12-8-4-6-7(5-9(8)13)11(17)14(10(6)16)2-1-3-15/h4-5,15H,1-3H2. The predicted octanol–water partition coefficient (Wildman–Crippen LogP) is 0.943. The maximum atomic E-state index is 13.0. The summed E-state index contributed by atoms with van der Waals surface area (Å²) < 4.78 is 25.9. The molecule has 0 saturated heterocycles. The van der Waals surface area contributed by atoms with Crippen LogP contribution in [0.15, 0.2) is 12.1 Å². The van der Waals surface area contributed by atoms with Gasteiger partial charge in [0.2, 0.25) is 0 Å². The third-order valence-electron chi connectivity index (χ3n) is 2.55. The number of aliphatic hydroxyl groups is 1. The number of hydrogen-bond donors (Lipinski definition) is 1. The fourth-order valence-corrected chi connectivity index (χ4v) is 1.72. The highest BCUT2D eigenvalue weighted by molar-refractivity contribution is 6.21. The summed E-state index contributed by atoms with van der Waals surface area (Å²) in [6, 6.07) is 1.45. The van der Waals surface area contributed by atoms with Crippen molar-refractivity contribution in [3.63, 3.8) is 0 Å². The lowest BCUT2D eigenvalue weighted by molar-refractivity contribution is 0.0645. The Bertz CT molecular complexity index is 461. The highest BCUT2D eigenvalue weighted by Crippen LogP contribution is 2.25. The van der Waals surface area contributed by atoms with Gasteiger partial charge in [0, 0.05) is 13.2 Å². The zero-order valence-corrected chi connectivity index (χ0v) is 8.74. The molecule has 1 heterocycles. The molecule has 90 valence electrons. The van der Waals surface area contributed by atoms with E-state index in [2.05, 4.69) is 0 Å². The first-order chi connectivity index (χ1) is 8.06. The number of carbonyl (C=O) groups excluding carboxylic acids is 2. The minimum absolute atomic E-state index is 0.0338. The summed E-state index contributed by atoms with van der Waals surface area (Å²) in [5.74, 6) is -3.63. The van der Waals surface area contributed by atoms with Crippen molar-refractivity contribution in [1.82, 2.24) is 4.90 Å². The van der Waals surface area contributed by atoms with Crippen molar-refractivity contribution < 1.29 is 23.5 Å². The fraction of sp³-hybridized carbons (Fsp3) is 0.273. The first-order valence-electron chi connectivity index (χ1n) is 5.02. The number of nitrogens with zero attached hydrogens (tertiary/aromatic N) is 1. The second kappa shape index (κ2) is 4.21. The van der Waals surface area contributed by atoms with Crippen LogP contribution in [0.1, 0.15) is 27.1 Å². The van der Waals surface area contributed by atoms with Crippen LogP contribution in [0.25, 0.3) is 0 Å². The molecule has 6 heteroatoms. The quantitative estimate of drug-likeness (QED) is 0.801. The Morgan fingerprint density at radius 2 is 1.53 bits per heavy atom. The van der Waals surface area contributed by atoms with Gasteiger partial charge in [-0.15, -0.1) is 0 Å². The van der Waals surface area contributed by atoms with Gasteiger partial charge in [-0.1, -0.05) is 0 Å². The van der Waals surface area contributed by atoms with Gasteiger partial charge in [-0.3, -0.25) is 14.5 Å². The second-order valence-corrected chi connectivity index (χ2v) is 3.65. The van der Waals surface area contributed by atoms with Gasteiger partial charge in [0.1, 0.15) is 0 Å². The number of benzene rings is 1. The molecule has 0 radical (unpaired) electrons. The molecular formula is C11H9F2NO3. The number of amides is 2. The van der Waals surface area contributed by atoms with Gasteiger partial charge in [-0.05, 0) is 18.6 Å². The van der Waals surface area contributed by atoms with E-state index in [0.29, 0.717) is 0 Å². The first-order valence-corrected chi connectivity index (χ1v) is 5.02. The molecule has 1 aliphatic rings. The summed E-state index contributed by atoms with van der Waals surface area (Å²) in [6.45, 7) is -0.137. The van der Waals surface area contributed by atoms with Crippen molar-refractivity contribution in [3.8, 4) is 0 Å². The number of rotatable bonds is 3. The van der Waals surface area contributed by atoms with Crippen molar-refractivity contribution in [1.29, 1.82) is 0 Å². The van der Waals surface area contributed by atoms with Crippen LogP contribution in [0, 0.1) is 11.6 Å². The Balaban J connectivity index is 2.39. The van der Waals surface area contributed by atoms with Gasteiger partial charge in [0.25, 0.3) is 11.8 Å². The smallest absolute Gasteiger partial charge is 0.261 e. The van der Waals surface area contributed by atoms with E-state index in [0.717, 1.165) is 17.0 Å². The molecule has 2 amide bonds. The topological polar surface area (TPSA) is 57.6 Å². The summed E-state index contributed by atoms with van der Waals surface area (Å²) in [5.41, 5.74) is -0.265. The second-order valence-electron chi connectivity index (χ2n) is 3.65. The minimum Gasteiger partial charge on any atom is -0.396 e. The number of aliphatic hydroxyl groups excluding tert-OH is 1. The van der Waals surface area contributed by atoms with E-state index in [1.807, 2.05) is 0 Å². The largest absolute Gasteiger partial charge is 0.396 e. The molecule has 0 unspecified atom stereocenters. The molecule has 0 aromatic heterocycles. The summed E-state index contributed by atoms with van der Waals surface area (Å²) >= 11 is 0. The van der Waals surface area contributed by atoms with E-state index < -0.39 is 23.4 Å². The summed E-state index contributed by atoms with van der Waals surface area (Å²) in [4.78, 5) is 24.3. The van der Waals surface area contributed by atoms with Gasteiger partial charge in [0.05, 0.1) is 11.1 Å².